The highest BCUT2D eigenvalue weighted by Gasteiger charge is 2.17. The Balaban J connectivity index is 2.34. The van der Waals surface area contributed by atoms with Gasteiger partial charge in [0.2, 0.25) is 0 Å². The Labute approximate surface area is 113 Å². The smallest absolute Gasteiger partial charge is 0.134 e. The Bertz CT molecular complexity index is 559. The minimum absolute atomic E-state index is 0.128. The molecular weight excluding hydrogens is 246 g/mol. The van der Waals surface area contributed by atoms with Gasteiger partial charge >= 0.3 is 0 Å². The maximum atomic E-state index is 5.95. The van der Waals surface area contributed by atoms with Crippen LogP contribution in [0.15, 0.2) is 40.3 Å². The molecule has 18 heavy (non-hydrogen) atoms. The molecule has 0 fully saturated rings. The summed E-state index contributed by atoms with van der Waals surface area (Å²) in [4.78, 5) is 0. The van der Waals surface area contributed by atoms with Crippen LogP contribution in [0.3, 0.4) is 0 Å². The van der Waals surface area contributed by atoms with Crippen molar-refractivity contribution in [1.82, 2.24) is 5.32 Å². The lowest BCUT2D eigenvalue weighted by Crippen LogP contribution is -2.20. The number of hydrogen-bond acceptors (Lipinski definition) is 2. The predicted octanol–water partition coefficient (Wildman–Crippen LogP) is 4.40. The number of furan rings is 1. The molecule has 96 valence electrons. The van der Waals surface area contributed by atoms with Gasteiger partial charge in [0.25, 0.3) is 0 Å². The average Bonchev–Trinajstić information content (AvgIpc) is 2.74. The first-order valence-corrected chi connectivity index (χ1v) is 6.58. The fourth-order valence-electron chi connectivity index (χ4n) is 2.19. The third kappa shape index (κ3) is 2.60. The highest BCUT2D eigenvalue weighted by Crippen LogP contribution is 2.30. The highest BCUT2D eigenvalue weighted by atomic mass is 35.5. The maximum absolute atomic E-state index is 5.95. The largest absolute Gasteiger partial charge is 0.459 e. The molecule has 0 aliphatic rings. The number of aryl methyl sites for hydroxylation is 1. The van der Waals surface area contributed by atoms with E-state index in [-0.39, 0.29) is 6.04 Å². The Morgan fingerprint density at radius 3 is 2.83 bits per heavy atom. The van der Waals surface area contributed by atoms with Crippen LogP contribution in [0, 0.1) is 0 Å². The Morgan fingerprint density at radius 2 is 2.17 bits per heavy atom. The summed E-state index contributed by atoms with van der Waals surface area (Å²) < 4.78 is 5.95. The standard InChI is InChI=1S/C15H18ClNO/c1-4-12-13-7-5-6-8-14(13)18-15(12)11(3)17-9-10(2)16/h5-8,11,17H,2,4,9H2,1,3H3. The number of halogens is 1. The first kappa shape index (κ1) is 13.2. The van der Waals surface area contributed by atoms with E-state index in [0.29, 0.717) is 11.6 Å². The van der Waals surface area contributed by atoms with Crippen LogP contribution in [0.1, 0.15) is 31.2 Å². The van der Waals surface area contributed by atoms with Crippen molar-refractivity contribution in [2.24, 2.45) is 0 Å². The van der Waals surface area contributed by atoms with Crippen molar-refractivity contribution >= 4 is 22.6 Å². The fourth-order valence-corrected chi connectivity index (χ4v) is 2.27. The molecule has 1 aromatic heterocycles. The van der Waals surface area contributed by atoms with E-state index in [2.05, 4.69) is 31.8 Å². The fraction of sp³-hybridized carbons (Fsp3) is 0.333. The van der Waals surface area contributed by atoms with E-state index < -0.39 is 0 Å². The normalized spacial score (nSPS) is 12.8. The molecule has 1 N–H and O–H groups in total. The Kier molecular flexibility index (Phi) is 4.10. The third-order valence-corrected chi connectivity index (χ3v) is 3.21. The van der Waals surface area contributed by atoms with E-state index >= 15 is 0 Å². The van der Waals surface area contributed by atoms with Gasteiger partial charge < -0.3 is 9.73 Å². The van der Waals surface area contributed by atoms with Crippen molar-refractivity contribution in [2.75, 3.05) is 6.54 Å². The minimum Gasteiger partial charge on any atom is -0.459 e. The molecule has 1 unspecified atom stereocenters. The number of benzene rings is 1. The van der Waals surface area contributed by atoms with Crippen LogP contribution >= 0.6 is 11.6 Å². The molecule has 1 aromatic carbocycles. The minimum atomic E-state index is 0.128. The van der Waals surface area contributed by atoms with Crippen LogP contribution in [0.4, 0.5) is 0 Å². The van der Waals surface area contributed by atoms with Gasteiger partial charge in [0.05, 0.1) is 6.04 Å². The molecular formula is C15H18ClNO. The summed E-state index contributed by atoms with van der Waals surface area (Å²) in [5.74, 6) is 0.997. The molecule has 0 bridgehead atoms. The molecule has 2 rings (SSSR count). The van der Waals surface area contributed by atoms with Crippen molar-refractivity contribution < 1.29 is 4.42 Å². The lowest BCUT2D eigenvalue weighted by molar-refractivity contribution is 0.459. The van der Waals surface area contributed by atoms with Gasteiger partial charge in [0.1, 0.15) is 11.3 Å². The topological polar surface area (TPSA) is 25.2 Å². The van der Waals surface area contributed by atoms with Gasteiger partial charge in [0, 0.05) is 22.5 Å². The Hall–Kier alpha value is -1.25. The van der Waals surface area contributed by atoms with Gasteiger partial charge in [-0.1, -0.05) is 43.3 Å². The summed E-state index contributed by atoms with van der Waals surface area (Å²) in [6, 6.07) is 8.27. The summed E-state index contributed by atoms with van der Waals surface area (Å²) in [6.07, 6.45) is 0.959. The van der Waals surface area contributed by atoms with Crippen LogP contribution in [0.25, 0.3) is 11.0 Å². The van der Waals surface area contributed by atoms with E-state index in [1.807, 2.05) is 18.2 Å². The number of hydrogen-bond donors (Lipinski definition) is 1. The van der Waals surface area contributed by atoms with Crippen molar-refractivity contribution in [3.05, 3.63) is 47.2 Å². The Morgan fingerprint density at radius 1 is 1.44 bits per heavy atom. The van der Waals surface area contributed by atoms with Crippen molar-refractivity contribution in [2.45, 2.75) is 26.3 Å². The van der Waals surface area contributed by atoms with Crippen LogP contribution in [0.2, 0.25) is 0 Å². The second-order valence-corrected chi connectivity index (χ2v) is 4.95. The van der Waals surface area contributed by atoms with E-state index in [1.54, 1.807) is 0 Å². The molecule has 0 aliphatic carbocycles. The molecule has 1 heterocycles. The first-order valence-electron chi connectivity index (χ1n) is 6.20. The predicted molar refractivity (Wildman–Crippen MR) is 77.0 cm³/mol. The van der Waals surface area contributed by atoms with E-state index in [9.17, 15) is 0 Å². The molecule has 0 saturated carbocycles. The lowest BCUT2D eigenvalue weighted by atomic mass is 10.1. The van der Waals surface area contributed by atoms with Gasteiger partial charge in [-0.15, -0.1) is 0 Å². The molecule has 0 amide bonds. The zero-order valence-electron chi connectivity index (χ0n) is 10.8. The van der Waals surface area contributed by atoms with Crippen LogP contribution in [0.5, 0.6) is 0 Å². The van der Waals surface area contributed by atoms with Crippen molar-refractivity contribution in [3.63, 3.8) is 0 Å². The third-order valence-electron chi connectivity index (χ3n) is 3.08. The van der Waals surface area contributed by atoms with Gasteiger partial charge in [-0.3, -0.25) is 0 Å². The summed E-state index contributed by atoms with van der Waals surface area (Å²) >= 11 is 5.77. The van der Waals surface area contributed by atoms with Gasteiger partial charge in [-0.2, -0.15) is 0 Å². The number of rotatable bonds is 5. The number of para-hydroxylation sites is 1. The molecule has 1 atom stereocenters. The SMILES string of the molecule is C=C(Cl)CNC(C)c1oc2ccccc2c1CC. The molecule has 2 nitrogen and oxygen atoms in total. The average molecular weight is 264 g/mol. The zero-order valence-corrected chi connectivity index (χ0v) is 11.6. The van der Waals surface area contributed by atoms with Crippen LogP contribution in [-0.4, -0.2) is 6.54 Å². The van der Waals surface area contributed by atoms with E-state index in [0.717, 1.165) is 17.8 Å². The molecule has 2 aromatic rings. The molecule has 3 heteroatoms. The lowest BCUT2D eigenvalue weighted by Gasteiger charge is -2.12. The van der Waals surface area contributed by atoms with E-state index in [4.69, 9.17) is 16.0 Å². The summed E-state index contributed by atoms with van der Waals surface area (Å²) in [7, 11) is 0. The number of nitrogens with one attached hydrogen (secondary N) is 1. The van der Waals surface area contributed by atoms with Gasteiger partial charge in [-0.05, 0) is 19.4 Å². The summed E-state index contributed by atoms with van der Waals surface area (Å²) in [5.41, 5.74) is 2.22. The number of fused-ring (bicyclic) bond motifs is 1. The second kappa shape index (κ2) is 5.59. The maximum Gasteiger partial charge on any atom is 0.134 e. The molecule has 0 spiro atoms. The summed E-state index contributed by atoms with van der Waals surface area (Å²) in [6.45, 7) is 8.49. The quantitative estimate of drug-likeness (QED) is 0.865. The highest BCUT2D eigenvalue weighted by molar-refractivity contribution is 6.29. The molecule has 0 saturated heterocycles. The van der Waals surface area contributed by atoms with E-state index in [1.165, 1.54) is 10.9 Å². The second-order valence-electron chi connectivity index (χ2n) is 4.41. The zero-order chi connectivity index (χ0) is 13.1. The van der Waals surface area contributed by atoms with Gasteiger partial charge in [0.15, 0.2) is 0 Å². The molecule has 0 radical (unpaired) electrons. The monoisotopic (exact) mass is 263 g/mol. The van der Waals surface area contributed by atoms with Crippen molar-refractivity contribution in [3.8, 4) is 0 Å². The van der Waals surface area contributed by atoms with Gasteiger partial charge in [-0.25, -0.2) is 0 Å². The summed E-state index contributed by atoms with van der Waals surface area (Å²) in [5, 5.41) is 5.12. The van der Waals surface area contributed by atoms with Crippen LogP contribution in [-0.2, 0) is 6.42 Å². The van der Waals surface area contributed by atoms with Crippen molar-refractivity contribution in [1.29, 1.82) is 0 Å². The first-order chi connectivity index (χ1) is 8.63. The van der Waals surface area contributed by atoms with Crippen LogP contribution < -0.4 is 5.32 Å². The molecule has 0 aliphatic heterocycles.